The lowest BCUT2D eigenvalue weighted by molar-refractivity contribution is 0.171. The average molecular weight is 393 g/mol. The van der Waals surface area contributed by atoms with Crippen LogP contribution in [0.15, 0.2) is 39.4 Å². The molecule has 0 aliphatic carbocycles. The van der Waals surface area contributed by atoms with E-state index in [0.29, 0.717) is 10.2 Å². The van der Waals surface area contributed by atoms with Crippen LogP contribution in [0, 0.1) is 11.6 Å². The van der Waals surface area contributed by atoms with Gasteiger partial charge in [-0.2, -0.15) is 0 Å². The normalized spacial score (nSPS) is 12.5. The fraction of sp³-hybridized carbons (Fsp3) is 0.154. The standard InChI is InChI=1S/C13H9Br2F2NO/c14-8-5-10(15)13(18-6-8)12(19)4-7-3-9(16)1-2-11(7)17/h1-3,5-6,12,19H,4H2. The summed E-state index contributed by atoms with van der Waals surface area (Å²) in [6, 6.07) is 4.89. The van der Waals surface area contributed by atoms with Gasteiger partial charge in [-0.15, -0.1) is 0 Å². The SMILES string of the molecule is OC(Cc1cc(F)ccc1F)c1ncc(Br)cc1Br. The maximum atomic E-state index is 13.5. The number of benzene rings is 1. The Kier molecular flexibility index (Phi) is 4.65. The Hall–Kier alpha value is -0.850. The fourth-order valence-electron chi connectivity index (χ4n) is 1.68. The molecule has 0 bridgehead atoms. The molecule has 1 heterocycles. The fourth-order valence-corrected chi connectivity index (χ4v) is 2.93. The van der Waals surface area contributed by atoms with Crippen LogP contribution in [0.2, 0.25) is 0 Å². The molecule has 19 heavy (non-hydrogen) atoms. The molecule has 0 aliphatic heterocycles. The Morgan fingerprint density at radius 3 is 2.63 bits per heavy atom. The lowest BCUT2D eigenvalue weighted by Crippen LogP contribution is -2.07. The minimum Gasteiger partial charge on any atom is -0.386 e. The maximum absolute atomic E-state index is 13.5. The van der Waals surface area contributed by atoms with Crippen LogP contribution in [0.4, 0.5) is 8.78 Å². The third-order valence-electron chi connectivity index (χ3n) is 2.57. The Labute approximate surface area is 125 Å². The van der Waals surface area contributed by atoms with Gasteiger partial charge in [-0.3, -0.25) is 4.98 Å². The Bertz CT molecular complexity index is 607. The number of nitrogens with zero attached hydrogens (tertiary/aromatic N) is 1. The number of aromatic nitrogens is 1. The summed E-state index contributed by atoms with van der Waals surface area (Å²) < 4.78 is 27.9. The summed E-state index contributed by atoms with van der Waals surface area (Å²) >= 11 is 6.52. The first-order chi connectivity index (χ1) is 8.97. The Balaban J connectivity index is 2.25. The summed E-state index contributed by atoms with van der Waals surface area (Å²) in [5.74, 6) is -1.08. The molecule has 1 unspecified atom stereocenters. The third-order valence-corrected chi connectivity index (χ3v) is 3.64. The Morgan fingerprint density at radius 1 is 1.21 bits per heavy atom. The van der Waals surface area contributed by atoms with Crippen LogP contribution in [-0.4, -0.2) is 10.1 Å². The van der Waals surface area contributed by atoms with Gasteiger partial charge in [0.25, 0.3) is 0 Å². The van der Waals surface area contributed by atoms with Crippen molar-refractivity contribution in [2.45, 2.75) is 12.5 Å². The molecule has 0 saturated heterocycles. The second-order valence-electron chi connectivity index (χ2n) is 3.98. The summed E-state index contributed by atoms with van der Waals surface area (Å²) in [6.07, 6.45) is 0.473. The number of hydrogen-bond acceptors (Lipinski definition) is 2. The van der Waals surface area contributed by atoms with Gasteiger partial charge in [-0.05, 0) is 61.7 Å². The van der Waals surface area contributed by atoms with Gasteiger partial charge in [-0.25, -0.2) is 8.78 Å². The van der Waals surface area contributed by atoms with Crippen molar-refractivity contribution >= 4 is 31.9 Å². The summed E-state index contributed by atoms with van der Waals surface area (Å²) in [4.78, 5) is 4.07. The molecule has 2 aromatic rings. The number of pyridine rings is 1. The highest BCUT2D eigenvalue weighted by Gasteiger charge is 2.16. The molecule has 1 aromatic heterocycles. The van der Waals surface area contributed by atoms with Crippen LogP contribution in [0.1, 0.15) is 17.4 Å². The van der Waals surface area contributed by atoms with E-state index in [-0.39, 0.29) is 12.0 Å². The van der Waals surface area contributed by atoms with Crippen molar-refractivity contribution in [2.75, 3.05) is 0 Å². The molecule has 6 heteroatoms. The van der Waals surface area contributed by atoms with E-state index in [1.54, 1.807) is 6.07 Å². The van der Waals surface area contributed by atoms with Gasteiger partial charge >= 0.3 is 0 Å². The van der Waals surface area contributed by atoms with Crippen LogP contribution in [-0.2, 0) is 6.42 Å². The molecule has 100 valence electrons. The predicted molar refractivity (Wildman–Crippen MR) is 74.7 cm³/mol. The number of hydrogen-bond donors (Lipinski definition) is 1. The minimum atomic E-state index is -1.02. The quantitative estimate of drug-likeness (QED) is 0.850. The van der Waals surface area contributed by atoms with Gasteiger partial charge in [-0.1, -0.05) is 0 Å². The van der Waals surface area contributed by atoms with Crippen LogP contribution in [0.3, 0.4) is 0 Å². The molecular weight excluding hydrogens is 384 g/mol. The molecular formula is C13H9Br2F2NO. The van der Waals surface area contributed by atoms with Gasteiger partial charge in [0.1, 0.15) is 17.7 Å². The van der Waals surface area contributed by atoms with E-state index in [2.05, 4.69) is 36.8 Å². The molecule has 0 amide bonds. The highest BCUT2D eigenvalue weighted by Crippen LogP contribution is 2.27. The highest BCUT2D eigenvalue weighted by atomic mass is 79.9. The molecule has 0 fully saturated rings. The second kappa shape index (κ2) is 6.07. The van der Waals surface area contributed by atoms with E-state index < -0.39 is 17.7 Å². The van der Waals surface area contributed by atoms with Crippen molar-refractivity contribution < 1.29 is 13.9 Å². The molecule has 0 saturated carbocycles. The molecule has 1 atom stereocenters. The zero-order valence-corrected chi connectivity index (χ0v) is 12.7. The predicted octanol–water partition coefficient (Wildman–Crippen LogP) is 4.16. The average Bonchev–Trinajstić information content (AvgIpc) is 2.33. The lowest BCUT2D eigenvalue weighted by Gasteiger charge is -2.12. The van der Waals surface area contributed by atoms with E-state index in [1.807, 2.05) is 0 Å². The number of aliphatic hydroxyl groups is 1. The second-order valence-corrected chi connectivity index (χ2v) is 5.75. The molecule has 1 N–H and O–H groups in total. The first kappa shape index (κ1) is 14.6. The smallest absolute Gasteiger partial charge is 0.126 e. The van der Waals surface area contributed by atoms with E-state index in [1.165, 1.54) is 6.20 Å². The zero-order chi connectivity index (χ0) is 14.0. The van der Waals surface area contributed by atoms with E-state index in [0.717, 1.165) is 22.7 Å². The molecule has 0 aliphatic rings. The summed E-state index contributed by atoms with van der Waals surface area (Å²) in [5.41, 5.74) is 0.496. The van der Waals surface area contributed by atoms with Gasteiger partial charge in [0.05, 0.1) is 5.69 Å². The van der Waals surface area contributed by atoms with Crippen molar-refractivity contribution in [3.8, 4) is 0 Å². The van der Waals surface area contributed by atoms with Crippen LogP contribution >= 0.6 is 31.9 Å². The van der Waals surface area contributed by atoms with Gasteiger partial charge in [0, 0.05) is 21.6 Å². The van der Waals surface area contributed by atoms with E-state index >= 15 is 0 Å². The first-order valence-corrected chi connectivity index (χ1v) is 6.99. The highest BCUT2D eigenvalue weighted by molar-refractivity contribution is 9.11. The van der Waals surface area contributed by atoms with E-state index in [9.17, 15) is 13.9 Å². The first-order valence-electron chi connectivity index (χ1n) is 5.40. The maximum Gasteiger partial charge on any atom is 0.126 e. The third kappa shape index (κ3) is 3.58. The lowest BCUT2D eigenvalue weighted by atomic mass is 10.0. The number of halogens is 4. The van der Waals surface area contributed by atoms with E-state index in [4.69, 9.17) is 0 Å². The van der Waals surface area contributed by atoms with Crippen LogP contribution < -0.4 is 0 Å². The largest absolute Gasteiger partial charge is 0.386 e. The number of aliphatic hydroxyl groups excluding tert-OH is 1. The van der Waals surface area contributed by atoms with Crippen molar-refractivity contribution in [3.05, 3.63) is 62.3 Å². The number of rotatable bonds is 3. The van der Waals surface area contributed by atoms with Gasteiger partial charge in [0.2, 0.25) is 0 Å². The molecule has 2 nitrogen and oxygen atoms in total. The molecule has 1 aromatic carbocycles. The van der Waals surface area contributed by atoms with Gasteiger partial charge in [0.15, 0.2) is 0 Å². The van der Waals surface area contributed by atoms with Crippen molar-refractivity contribution in [1.82, 2.24) is 4.98 Å². The van der Waals surface area contributed by atoms with Gasteiger partial charge < -0.3 is 5.11 Å². The summed E-state index contributed by atoms with van der Waals surface area (Å²) in [5, 5.41) is 10.1. The monoisotopic (exact) mass is 391 g/mol. The summed E-state index contributed by atoms with van der Waals surface area (Å²) in [6.45, 7) is 0. The van der Waals surface area contributed by atoms with Crippen molar-refractivity contribution in [1.29, 1.82) is 0 Å². The summed E-state index contributed by atoms with van der Waals surface area (Å²) in [7, 11) is 0. The van der Waals surface area contributed by atoms with Crippen LogP contribution in [0.5, 0.6) is 0 Å². The molecule has 0 spiro atoms. The van der Waals surface area contributed by atoms with Crippen LogP contribution in [0.25, 0.3) is 0 Å². The van der Waals surface area contributed by atoms with Crippen molar-refractivity contribution in [2.24, 2.45) is 0 Å². The Morgan fingerprint density at radius 2 is 1.95 bits per heavy atom. The molecule has 2 rings (SSSR count). The minimum absolute atomic E-state index is 0.0448. The topological polar surface area (TPSA) is 33.1 Å². The zero-order valence-electron chi connectivity index (χ0n) is 9.58. The molecule has 0 radical (unpaired) electrons. The van der Waals surface area contributed by atoms with Crippen molar-refractivity contribution in [3.63, 3.8) is 0 Å².